The summed E-state index contributed by atoms with van der Waals surface area (Å²) in [6.07, 6.45) is 2.77. The SMILES string of the molecule is CC1(C)Cc2cc(Cl)cc(N3CCN(CCCOc4c(Cl)cc(S(C)(=O)=O)cc4Cl)CC3)c2O1. The first kappa shape index (κ1) is 25.7. The Morgan fingerprint density at radius 2 is 1.68 bits per heavy atom. The molecule has 2 aromatic carbocycles. The first-order chi connectivity index (χ1) is 15.9. The molecule has 0 atom stereocenters. The predicted octanol–water partition coefficient (Wildman–Crippen LogP) is 5.35. The van der Waals surface area contributed by atoms with Gasteiger partial charge in [-0.2, -0.15) is 0 Å². The third kappa shape index (κ3) is 5.88. The van der Waals surface area contributed by atoms with Gasteiger partial charge in [0, 0.05) is 56.0 Å². The number of rotatable bonds is 7. The van der Waals surface area contributed by atoms with Crippen molar-refractivity contribution in [1.82, 2.24) is 4.90 Å². The summed E-state index contributed by atoms with van der Waals surface area (Å²) in [5.41, 5.74) is 2.05. The second-order valence-electron chi connectivity index (χ2n) is 9.47. The Kier molecular flexibility index (Phi) is 7.51. The van der Waals surface area contributed by atoms with E-state index >= 15 is 0 Å². The largest absolute Gasteiger partial charge is 0.490 e. The van der Waals surface area contributed by atoms with E-state index in [-0.39, 0.29) is 20.5 Å². The van der Waals surface area contributed by atoms with Crippen LogP contribution in [0.1, 0.15) is 25.8 Å². The molecular formula is C24H29Cl3N2O4S. The van der Waals surface area contributed by atoms with Gasteiger partial charge in [-0.05, 0) is 44.5 Å². The monoisotopic (exact) mass is 546 g/mol. The lowest BCUT2D eigenvalue weighted by atomic mass is 10.0. The lowest BCUT2D eigenvalue weighted by Gasteiger charge is -2.37. The first-order valence-electron chi connectivity index (χ1n) is 11.2. The Hall–Kier alpha value is -1.38. The van der Waals surface area contributed by atoms with E-state index in [2.05, 4.69) is 23.6 Å². The highest BCUT2D eigenvalue weighted by atomic mass is 35.5. The zero-order chi connectivity index (χ0) is 24.7. The van der Waals surface area contributed by atoms with Crippen LogP contribution in [0.2, 0.25) is 15.1 Å². The molecule has 2 aromatic rings. The summed E-state index contributed by atoms with van der Waals surface area (Å²) in [7, 11) is -3.39. The number of ether oxygens (including phenoxy) is 2. The summed E-state index contributed by atoms with van der Waals surface area (Å²) in [6.45, 7) is 9.15. The fourth-order valence-electron chi connectivity index (χ4n) is 4.45. The van der Waals surface area contributed by atoms with Crippen molar-refractivity contribution in [1.29, 1.82) is 0 Å². The molecular weight excluding hydrogens is 519 g/mol. The minimum atomic E-state index is -3.39. The molecule has 0 bridgehead atoms. The molecule has 2 heterocycles. The summed E-state index contributed by atoms with van der Waals surface area (Å²) in [4.78, 5) is 4.82. The quantitative estimate of drug-likeness (QED) is 0.435. The number of halogens is 3. The number of nitrogens with zero attached hydrogens (tertiary/aromatic N) is 2. The van der Waals surface area contributed by atoms with Crippen molar-refractivity contribution in [3.63, 3.8) is 0 Å². The molecule has 0 N–H and O–H groups in total. The second kappa shape index (κ2) is 9.94. The van der Waals surface area contributed by atoms with Crippen LogP contribution in [0.5, 0.6) is 11.5 Å². The number of benzene rings is 2. The zero-order valence-corrected chi connectivity index (χ0v) is 22.6. The molecule has 0 aliphatic carbocycles. The highest BCUT2D eigenvalue weighted by molar-refractivity contribution is 7.90. The maximum Gasteiger partial charge on any atom is 0.175 e. The van der Waals surface area contributed by atoms with Crippen LogP contribution in [0.3, 0.4) is 0 Å². The standard InChI is InChI=1S/C24H29Cl3N2O4S/c1-24(2)15-16-11-17(25)12-21(22(16)33-24)29-8-6-28(7-9-29)5-4-10-32-23-19(26)13-18(14-20(23)27)34(3,30)31/h11-14H,4-10,15H2,1-3H3. The number of hydrogen-bond acceptors (Lipinski definition) is 6. The lowest BCUT2D eigenvalue weighted by Crippen LogP contribution is -2.47. The van der Waals surface area contributed by atoms with Crippen LogP contribution < -0.4 is 14.4 Å². The number of sulfone groups is 1. The van der Waals surface area contributed by atoms with Gasteiger partial charge in [-0.1, -0.05) is 34.8 Å². The van der Waals surface area contributed by atoms with Crippen LogP contribution in [-0.2, 0) is 16.3 Å². The molecule has 0 amide bonds. The molecule has 0 radical (unpaired) electrons. The van der Waals surface area contributed by atoms with Gasteiger partial charge in [0.25, 0.3) is 0 Å². The minimum Gasteiger partial charge on any atom is -0.490 e. The summed E-state index contributed by atoms with van der Waals surface area (Å²) < 4.78 is 35.5. The topological polar surface area (TPSA) is 59.1 Å². The molecule has 0 spiro atoms. The normalized spacial score (nSPS) is 18.0. The van der Waals surface area contributed by atoms with Gasteiger partial charge < -0.3 is 14.4 Å². The van der Waals surface area contributed by atoms with Crippen LogP contribution in [0, 0.1) is 0 Å². The van der Waals surface area contributed by atoms with Crippen molar-refractivity contribution >= 4 is 50.3 Å². The van der Waals surface area contributed by atoms with E-state index in [0.29, 0.717) is 12.4 Å². The molecule has 4 rings (SSSR count). The van der Waals surface area contributed by atoms with Crippen LogP contribution in [0.4, 0.5) is 5.69 Å². The van der Waals surface area contributed by atoms with Crippen molar-refractivity contribution < 1.29 is 17.9 Å². The van der Waals surface area contributed by atoms with Gasteiger partial charge in [-0.3, -0.25) is 4.90 Å². The Labute approximate surface area is 216 Å². The lowest BCUT2D eigenvalue weighted by molar-refractivity contribution is 0.138. The number of fused-ring (bicyclic) bond motifs is 1. The first-order valence-corrected chi connectivity index (χ1v) is 14.3. The van der Waals surface area contributed by atoms with E-state index in [1.165, 1.54) is 17.7 Å². The Morgan fingerprint density at radius 1 is 1.03 bits per heavy atom. The fraction of sp³-hybridized carbons (Fsp3) is 0.500. The summed E-state index contributed by atoms with van der Waals surface area (Å²) in [6, 6.07) is 6.76. The summed E-state index contributed by atoms with van der Waals surface area (Å²) in [5.74, 6) is 1.28. The van der Waals surface area contributed by atoms with Crippen molar-refractivity contribution in [2.45, 2.75) is 37.2 Å². The maximum atomic E-state index is 11.7. The average Bonchev–Trinajstić information content (AvgIpc) is 3.05. The zero-order valence-electron chi connectivity index (χ0n) is 19.5. The van der Waals surface area contributed by atoms with E-state index in [9.17, 15) is 8.42 Å². The van der Waals surface area contributed by atoms with E-state index in [1.54, 1.807) is 0 Å². The predicted molar refractivity (Wildman–Crippen MR) is 138 cm³/mol. The fourth-order valence-corrected chi connectivity index (χ4v) is 6.08. The van der Waals surface area contributed by atoms with Crippen LogP contribution in [0.25, 0.3) is 0 Å². The molecule has 1 fully saturated rings. The van der Waals surface area contributed by atoms with E-state index in [0.717, 1.165) is 68.3 Å². The highest BCUT2D eigenvalue weighted by Gasteiger charge is 2.34. The minimum absolute atomic E-state index is 0.0760. The molecule has 186 valence electrons. The van der Waals surface area contributed by atoms with Gasteiger partial charge in [-0.25, -0.2) is 8.42 Å². The Balaban J connectivity index is 1.28. The second-order valence-corrected chi connectivity index (χ2v) is 12.7. The Bertz CT molecular complexity index is 1160. The van der Waals surface area contributed by atoms with Gasteiger partial charge in [-0.15, -0.1) is 0 Å². The van der Waals surface area contributed by atoms with Crippen molar-refractivity contribution in [3.8, 4) is 11.5 Å². The van der Waals surface area contributed by atoms with Crippen LogP contribution in [-0.4, -0.2) is 64.5 Å². The molecule has 0 aromatic heterocycles. The molecule has 10 heteroatoms. The van der Waals surface area contributed by atoms with Crippen molar-refractivity contribution in [2.24, 2.45) is 0 Å². The molecule has 34 heavy (non-hydrogen) atoms. The van der Waals surface area contributed by atoms with E-state index in [4.69, 9.17) is 44.3 Å². The van der Waals surface area contributed by atoms with Crippen LogP contribution in [0.15, 0.2) is 29.2 Å². The van der Waals surface area contributed by atoms with Crippen LogP contribution >= 0.6 is 34.8 Å². The molecule has 2 aliphatic heterocycles. The number of hydrogen-bond donors (Lipinski definition) is 0. The van der Waals surface area contributed by atoms with Gasteiger partial charge in [0.2, 0.25) is 0 Å². The van der Waals surface area contributed by atoms with E-state index in [1.807, 2.05) is 12.1 Å². The molecule has 6 nitrogen and oxygen atoms in total. The maximum absolute atomic E-state index is 11.7. The Morgan fingerprint density at radius 3 is 2.29 bits per heavy atom. The highest BCUT2D eigenvalue weighted by Crippen LogP contribution is 2.44. The van der Waals surface area contributed by atoms with Crippen molar-refractivity contribution in [3.05, 3.63) is 44.9 Å². The molecule has 2 aliphatic rings. The third-order valence-corrected chi connectivity index (χ3v) is 7.96. The molecule has 0 saturated carbocycles. The number of piperazine rings is 1. The molecule has 1 saturated heterocycles. The van der Waals surface area contributed by atoms with Crippen molar-refractivity contribution in [2.75, 3.05) is 50.5 Å². The van der Waals surface area contributed by atoms with Gasteiger partial charge in [0.1, 0.15) is 11.4 Å². The molecule has 0 unspecified atom stereocenters. The van der Waals surface area contributed by atoms with Gasteiger partial charge in [0.05, 0.1) is 27.2 Å². The van der Waals surface area contributed by atoms with Gasteiger partial charge in [0.15, 0.2) is 15.6 Å². The summed E-state index contributed by atoms with van der Waals surface area (Å²) in [5, 5.41) is 1.14. The van der Waals surface area contributed by atoms with Gasteiger partial charge >= 0.3 is 0 Å². The smallest absolute Gasteiger partial charge is 0.175 e. The third-order valence-electron chi connectivity index (χ3n) is 6.08. The summed E-state index contributed by atoms with van der Waals surface area (Å²) >= 11 is 18.8. The number of anilines is 1. The van der Waals surface area contributed by atoms with E-state index < -0.39 is 9.84 Å². The average molecular weight is 548 g/mol.